The summed E-state index contributed by atoms with van der Waals surface area (Å²) < 4.78 is 51.4. The summed E-state index contributed by atoms with van der Waals surface area (Å²) in [6.07, 6.45) is -5.97. The van der Waals surface area contributed by atoms with Crippen LogP contribution in [0, 0.1) is 5.82 Å². The number of rotatable bonds is 3. The fourth-order valence-corrected chi connectivity index (χ4v) is 2.45. The Kier molecular flexibility index (Phi) is 3.91. The van der Waals surface area contributed by atoms with Gasteiger partial charge in [-0.3, -0.25) is 0 Å². The van der Waals surface area contributed by atoms with Crippen LogP contribution in [0.25, 0.3) is 0 Å². The molecule has 0 aliphatic rings. The van der Waals surface area contributed by atoms with Crippen molar-refractivity contribution in [1.29, 1.82) is 0 Å². The van der Waals surface area contributed by atoms with Crippen LogP contribution in [0.5, 0.6) is 0 Å². The zero-order valence-corrected chi connectivity index (χ0v) is 10.4. The predicted molar refractivity (Wildman–Crippen MR) is 64.4 cm³/mol. The van der Waals surface area contributed by atoms with Gasteiger partial charge in [-0.1, -0.05) is 12.1 Å². The van der Waals surface area contributed by atoms with Crippen molar-refractivity contribution in [1.82, 2.24) is 0 Å². The zero-order chi connectivity index (χ0) is 14.0. The molecule has 1 aromatic carbocycles. The Labute approximate surface area is 111 Å². The molecular weight excluding hydrogens is 280 g/mol. The monoisotopic (exact) mass is 290 g/mol. The molecule has 0 radical (unpaired) electrons. The smallest absolute Gasteiger partial charge is 0.388 e. The number of hydrogen-bond donors (Lipinski definition) is 1. The molecule has 1 unspecified atom stereocenters. The third-order valence-electron chi connectivity index (χ3n) is 2.70. The first-order valence-electron chi connectivity index (χ1n) is 5.44. The van der Waals surface area contributed by atoms with Crippen molar-refractivity contribution in [3.63, 3.8) is 0 Å². The zero-order valence-electron chi connectivity index (χ0n) is 9.62. The van der Waals surface area contributed by atoms with E-state index in [-0.39, 0.29) is 12.0 Å². The third kappa shape index (κ3) is 3.13. The van der Waals surface area contributed by atoms with Crippen LogP contribution >= 0.6 is 11.3 Å². The standard InChI is InChI=1S/C13H10F4OS/c14-12-9(2-1-3-10(12)13(15,16)17)11(18)6-8-4-5-19-7-8/h1-5,7,11,18H,6H2. The predicted octanol–water partition coefficient (Wildman–Crippen LogP) is 4.18. The van der Waals surface area contributed by atoms with Gasteiger partial charge in [0.1, 0.15) is 5.82 Å². The molecule has 0 bridgehead atoms. The van der Waals surface area contributed by atoms with E-state index in [2.05, 4.69) is 0 Å². The van der Waals surface area contributed by atoms with Gasteiger partial charge >= 0.3 is 6.18 Å². The van der Waals surface area contributed by atoms with Crippen LogP contribution in [0.4, 0.5) is 17.6 Å². The van der Waals surface area contributed by atoms with Crippen molar-refractivity contribution in [2.45, 2.75) is 18.7 Å². The Hall–Kier alpha value is -1.40. The van der Waals surface area contributed by atoms with E-state index in [4.69, 9.17) is 0 Å². The molecule has 1 nitrogen and oxygen atoms in total. The molecule has 0 aliphatic carbocycles. The Bertz CT molecular complexity index is 548. The normalized spacial score (nSPS) is 13.5. The molecule has 2 aromatic rings. The largest absolute Gasteiger partial charge is 0.419 e. The van der Waals surface area contributed by atoms with E-state index in [1.165, 1.54) is 17.4 Å². The summed E-state index contributed by atoms with van der Waals surface area (Å²) in [6, 6.07) is 4.66. The van der Waals surface area contributed by atoms with Crippen LogP contribution in [0.3, 0.4) is 0 Å². The maximum absolute atomic E-state index is 13.8. The van der Waals surface area contributed by atoms with Crippen LogP contribution in [-0.4, -0.2) is 5.11 Å². The fourth-order valence-electron chi connectivity index (χ4n) is 1.77. The van der Waals surface area contributed by atoms with Gasteiger partial charge in [0.2, 0.25) is 0 Å². The van der Waals surface area contributed by atoms with Crippen molar-refractivity contribution < 1.29 is 22.7 Å². The summed E-state index contributed by atoms with van der Waals surface area (Å²) in [4.78, 5) is 0. The summed E-state index contributed by atoms with van der Waals surface area (Å²) in [5, 5.41) is 13.4. The number of aliphatic hydroxyl groups excluding tert-OH is 1. The minimum Gasteiger partial charge on any atom is -0.388 e. The van der Waals surface area contributed by atoms with Gasteiger partial charge in [0.15, 0.2) is 0 Å². The molecule has 6 heteroatoms. The number of alkyl halides is 3. The van der Waals surface area contributed by atoms with Gasteiger partial charge < -0.3 is 5.11 Å². The van der Waals surface area contributed by atoms with Crippen molar-refractivity contribution in [3.05, 3.63) is 57.5 Å². The molecule has 1 aromatic heterocycles. The molecule has 2 rings (SSSR count). The molecule has 0 aliphatic heterocycles. The highest BCUT2D eigenvalue weighted by atomic mass is 32.1. The summed E-state index contributed by atoms with van der Waals surface area (Å²) in [5.74, 6) is -1.40. The first-order chi connectivity index (χ1) is 8.89. The molecule has 1 atom stereocenters. The van der Waals surface area contributed by atoms with E-state index >= 15 is 0 Å². The molecule has 0 saturated heterocycles. The van der Waals surface area contributed by atoms with E-state index in [9.17, 15) is 22.7 Å². The molecular formula is C13H10F4OS. The Morgan fingerprint density at radius 3 is 2.53 bits per heavy atom. The summed E-state index contributed by atoms with van der Waals surface area (Å²) >= 11 is 1.40. The van der Waals surface area contributed by atoms with Gasteiger partial charge in [0.05, 0.1) is 11.7 Å². The number of halogens is 4. The van der Waals surface area contributed by atoms with E-state index in [0.717, 1.165) is 11.6 Å². The van der Waals surface area contributed by atoms with E-state index < -0.39 is 23.7 Å². The van der Waals surface area contributed by atoms with Crippen molar-refractivity contribution in [2.75, 3.05) is 0 Å². The van der Waals surface area contributed by atoms with Crippen LogP contribution in [-0.2, 0) is 12.6 Å². The number of benzene rings is 1. The molecule has 102 valence electrons. The van der Waals surface area contributed by atoms with Gasteiger partial charge in [-0.15, -0.1) is 0 Å². The summed E-state index contributed by atoms with van der Waals surface area (Å²) in [5.41, 5.74) is -0.926. The topological polar surface area (TPSA) is 20.2 Å². The molecule has 0 fully saturated rings. The quantitative estimate of drug-likeness (QED) is 0.841. The lowest BCUT2D eigenvalue weighted by Crippen LogP contribution is -2.12. The SMILES string of the molecule is OC(Cc1ccsc1)c1cccc(C(F)(F)F)c1F. The van der Waals surface area contributed by atoms with Gasteiger partial charge in [-0.05, 0) is 28.5 Å². The Morgan fingerprint density at radius 2 is 1.95 bits per heavy atom. The maximum atomic E-state index is 13.8. The first-order valence-corrected chi connectivity index (χ1v) is 6.38. The maximum Gasteiger partial charge on any atom is 0.419 e. The average Bonchev–Trinajstić information content (AvgIpc) is 2.80. The fraction of sp³-hybridized carbons (Fsp3) is 0.231. The molecule has 19 heavy (non-hydrogen) atoms. The number of thiophene rings is 1. The lowest BCUT2D eigenvalue weighted by atomic mass is 10.00. The second kappa shape index (κ2) is 5.30. The van der Waals surface area contributed by atoms with E-state index in [1.54, 1.807) is 16.8 Å². The first kappa shape index (κ1) is 14.0. The van der Waals surface area contributed by atoms with Gasteiger partial charge in [0.25, 0.3) is 0 Å². The lowest BCUT2D eigenvalue weighted by molar-refractivity contribution is -0.140. The van der Waals surface area contributed by atoms with E-state index in [0.29, 0.717) is 6.07 Å². The van der Waals surface area contributed by atoms with Gasteiger partial charge in [-0.2, -0.15) is 24.5 Å². The minimum atomic E-state index is -4.76. The summed E-state index contributed by atoms with van der Waals surface area (Å²) in [7, 11) is 0. The van der Waals surface area contributed by atoms with Crippen molar-refractivity contribution in [3.8, 4) is 0 Å². The highest BCUT2D eigenvalue weighted by molar-refractivity contribution is 7.07. The molecule has 0 amide bonds. The van der Waals surface area contributed by atoms with Crippen molar-refractivity contribution in [2.24, 2.45) is 0 Å². The number of hydrogen-bond acceptors (Lipinski definition) is 2. The highest BCUT2D eigenvalue weighted by Gasteiger charge is 2.35. The minimum absolute atomic E-state index is 0.0851. The highest BCUT2D eigenvalue weighted by Crippen LogP contribution is 2.34. The molecule has 1 N–H and O–H groups in total. The van der Waals surface area contributed by atoms with Crippen LogP contribution < -0.4 is 0 Å². The van der Waals surface area contributed by atoms with E-state index in [1.807, 2.05) is 0 Å². The van der Waals surface area contributed by atoms with Gasteiger partial charge in [-0.25, -0.2) is 4.39 Å². The molecule has 0 spiro atoms. The summed E-state index contributed by atoms with van der Waals surface area (Å²) in [6.45, 7) is 0. The Morgan fingerprint density at radius 1 is 1.21 bits per heavy atom. The van der Waals surface area contributed by atoms with Crippen LogP contribution in [0.2, 0.25) is 0 Å². The van der Waals surface area contributed by atoms with Crippen molar-refractivity contribution >= 4 is 11.3 Å². The second-order valence-electron chi connectivity index (χ2n) is 4.06. The number of aliphatic hydroxyl groups is 1. The van der Waals surface area contributed by atoms with Gasteiger partial charge in [0, 0.05) is 12.0 Å². The van der Waals surface area contributed by atoms with Crippen LogP contribution in [0.1, 0.15) is 22.8 Å². The van der Waals surface area contributed by atoms with Crippen LogP contribution in [0.15, 0.2) is 35.0 Å². The lowest BCUT2D eigenvalue weighted by Gasteiger charge is -2.15. The Balaban J connectivity index is 2.30. The average molecular weight is 290 g/mol. The third-order valence-corrected chi connectivity index (χ3v) is 3.43. The molecule has 0 saturated carbocycles. The second-order valence-corrected chi connectivity index (χ2v) is 4.84. The molecule has 1 heterocycles.